The summed E-state index contributed by atoms with van der Waals surface area (Å²) < 4.78 is 5.50. The van der Waals surface area contributed by atoms with E-state index in [1.54, 1.807) is 0 Å². The van der Waals surface area contributed by atoms with Crippen molar-refractivity contribution in [2.24, 2.45) is 11.8 Å². The Morgan fingerprint density at radius 3 is 2.71 bits per heavy atom. The van der Waals surface area contributed by atoms with Crippen LogP contribution in [0.1, 0.15) is 25.7 Å². The lowest BCUT2D eigenvalue weighted by Crippen LogP contribution is -2.42. The van der Waals surface area contributed by atoms with Crippen LogP contribution in [0.15, 0.2) is 42.5 Å². The van der Waals surface area contributed by atoms with E-state index in [2.05, 4.69) is 17.0 Å². The lowest BCUT2D eigenvalue weighted by Gasteiger charge is -2.28. The molecule has 2 aromatic rings. The van der Waals surface area contributed by atoms with Crippen LogP contribution in [0.4, 0.5) is 5.69 Å². The Morgan fingerprint density at radius 2 is 1.93 bits per heavy atom. The Hall–Kier alpha value is -2.40. The third kappa shape index (κ3) is 3.28. The molecule has 0 bridgehead atoms. The quantitative estimate of drug-likeness (QED) is 0.803. The van der Waals surface area contributed by atoms with Gasteiger partial charge in [0.25, 0.3) is 0 Å². The average Bonchev–Trinajstić information content (AvgIpc) is 3.28. The number of carbonyl (C=O) groups excluding carboxylic acids is 2. The summed E-state index contributed by atoms with van der Waals surface area (Å²) in [6, 6.07) is 14.5. The van der Waals surface area contributed by atoms with Crippen LogP contribution in [-0.4, -0.2) is 49.1 Å². The number of amides is 2. The van der Waals surface area contributed by atoms with Crippen LogP contribution in [0.25, 0.3) is 10.8 Å². The Labute approximate surface area is 165 Å². The molecule has 2 atom stereocenters. The van der Waals surface area contributed by atoms with Crippen molar-refractivity contribution in [1.82, 2.24) is 4.90 Å². The number of hydrogen-bond acceptors (Lipinski definition) is 3. The number of ether oxygens (including phenoxy) is 1. The molecule has 5 heteroatoms. The zero-order chi connectivity index (χ0) is 19.1. The zero-order valence-corrected chi connectivity index (χ0v) is 16.0. The van der Waals surface area contributed by atoms with Gasteiger partial charge in [-0.25, -0.2) is 0 Å². The van der Waals surface area contributed by atoms with E-state index in [1.807, 2.05) is 35.2 Å². The number of anilines is 1. The third-order valence-corrected chi connectivity index (χ3v) is 6.28. The molecule has 2 heterocycles. The number of benzene rings is 2. The molecule has 5 rings (SSSR count). The predicted octanol–water partition coefficient (Wildman–Crippen LogP) is 3.22. The van der Waals surface area contributed by atoms with Gasteiger partial charge in [-0.05, 0) is 30.7 Å². The molecule has 28 heavy (non-hydrogen) atoms. The smallest absolute Gasteiger partial charge is 0.228 e. The molecule has 3 aliphatic rings. The van der Waals surface area contributed by atoms with Crippen molar-refractivity contribution in [1.29, 1.82) is 0 Å². The van der Waals surface area contributed by atoms with E-state index in [0.717, 1.165) is 55.5 Å². The highest BCUT2D eigenvalue weighted by atomic mass is 16.5. The second-order valence-corrected chi connectivity index (χ2v) is 8.36. The Bertz CT molecular complexity index is 896. The molecule has 3 fully saturated rings. The molecule has 0 aromatic heterocycles. The summed E-state index contributed by atoms with van der Waals surface area (Å²) in [5, 5.41) is 2.18. The topological polar surface area (TPSA) is 49.9 Å². The first-order valence-electron chi connectivity index (χ1n) is 10.4. The molecule has 2 aromatic carbocycles. The highest BCUT2D eigenvalue weighted by Crippen LogP contribution is 2.35. The fraction of sp³-hybridized carbons (Fsp3) is 0.478. The normalized spacial score (nSPS) is 24.9. The second kappa shape index (κ2) is 7.21. The molecule has 0 N–H and O–H groups in total. The largest absolute Gasteiger partial charge is 0.381 e. The maximum Gasteiger partial charge on any atom is 0.228 e. The molecular formula is C23H26N2O3. The van der Waals surface area contributed by atoms with Crippen molar-refractivity contribution in [2.45, 2.75) is 31.7 Å². The van der Waals surface area contributed by atoms with E-state index in [1.165, 1.54) is 0 Å². The van der Waals surface area contributed by atoms with E-state index >= 15 is 0 Å². The van der Waals surface area contributed by atoms with Crippen LogP contribution in [0.5, 0.6) is 0 Å². The Balaban J connectivity index is 1.36. The molecule has 2 amide bonds. The van der Waals surface area contributed by atoms with E-state index in [9.17, 15) is 9.59 Å². The van der Waals surface area contributed by atoms with Crippen LogP contribution in [0, 0.1) is 11.8 Å². The van der Waals surface area contributed by atoms with E-state index in [0.29, 0.717) is 24.9 Å². The molecule has 5 nitrogen and oxygen atoms in total. The average molecular weight is 378 g/mol. The first-order chi connectivity index (χ1) is 13.7. The molecule has 0 spiro atoms. The summed E-state index contributed by atoms with van der Waals surface area (Å²) in [6.45, 7) is 2.81. The first-order valence-corrected chi connectivity index (χ1v) is 10.4. The summed E-state index contributed by atoms with van der Waals surface area (Å²) >= 11 is 0. The molecular weight excluding hydrogens is 352 g/mol. The summed E-state index contributed by atoms with van der Waals surface area (Å²) in [6.07, 6.45) is 3.52. The summed E-state index contributed by atoms with van der Waals surface area (Å²) in [4.78, 5) is 30.0. The van der Waals surface area contributed by atoms with Crippen molar-refractivity contribution in [3.05, 3.63) is 42.5 Å². The molecule has 1 aliphatic carbocycles. The summed E-state index contributed by atoms with van der Waals surface area (Å²) in [5.41, 5.74) is 0.917. The number of nitrogens with zero attached hydrogens (tertiary/aromatic N) is 2. The molecule has 2 unspecified atom stereocenters. The minimum atomic E-state index is -0.241. The standard InChI is InChI=1S/C23H26N2O3/c26-22-12-18(23(27)24(19-8-9-19)13-16-10-11-28-15-16)14-25(22)21-7-3-5-17-4-1-2-6-20(17)21/h1-7,16,18-19H,8-15H2. The number of hydrogen-bond donors (Lipinski definition) is 0. The molecule has 1 saturated carbocycles. The minimum Gasteiger partial charge on any atom is -0.381 e. The van der Waals surface area contributed by atoms with Gasteiger partial charge in [-0.1, -0.05) is 36.4 Å². The second-order valence-electron chi connectivity index (χ2n) is 8.36. The lowest BCUT2D eigenvalue weighted by molar-refractivity contribution is -0.137. The van der Waals surface area contributed by atoms with Crippen LogP contribution in [-0.2, 0) is 14.3 Å². The van der Waals surface area contributed by atoms with Crippen LogP contribution in [0.2, 0.25) is 0 Å². The van der Waals surface area contributed by atoms with Gasteiger partial charge in [0.05, 0.1) is 18.2 Å². The van der Waals surface area contributed by atoms with Gasteiger partial charge in [0.15, 0.2) is 0 Å². The molecule has 0 radical (unpaired) electrons. The van der Waals surface area contributed by atoms with E-state index < -0.39 is 0 Å². The first kappa shape index (κ1) is 17.7. The van der Waals surface area contributed by atoms with Crippen molar-refractivity contribution >= 4 is 28.3 Å². The SMILES string of the molecule is O=C1CC(C(=O)N(CC2CCOC2)C2CC2)CN1c1cccc2ccccc12. The van der Waals surface area contributed by atoms with Crippen LogP contribution in [0.3, 0.4) is 0 Å². The van der Waals surface area contributed by atoms with Gasteiger partial charge in [0, 0.05) is 43.5 Å². The van der Waals surface area contributed by atoms with Gasteiger partial charge < -0.3 is 14.5 Å². The highest BCUT2D eigenvalue weighted by Gasteiger charge is 2.42. The fourth-order valence-electron chi connectivity index (χ4n) is 4.59. The summed E-state index contributed by atoms with van der Waals surface area (Å²) in [7, 11) is 0. The van der Waals surface area contributed by atoms with Crippen molar-refractivity contribution in [3.8, 4) is 0 Å². The van der Waals surface area contributed by atoms with Gasteiger partial charge >= 0.3 is 0 Å². The van der Waals surface area contributed by atoms with Crippen LogP contribution < -0.4 is 4.90 Å². The highest BCUT2D eigenvalue weighted by molar-refractivity contribution is 6.07. The maximum atomic E-state index is 13.3. The Morgan fingerprint density at radius 1 is 1.11 bits per heavy atom. The molecule has 146 valence electrons. The van der Waals surface area contributed by atoms with Crippen molar-refractivity contribution in [3.63, 3.8) is 0 Å². The Kier molecular flexibility index (Phi) is 4.55. The predicted molar refractivity (Wildman–Crippen MR) is 108 cm³/mol. The third-order valence-electron chi connectivity index (χ3n) is 6.28. The molecule has 2 aliphatic heterocycles. The van der Waals surface area contributed by atoms with E-state index in [-0.39, 0.29) is 17.7 Å². The zero-order valence-electron chi connectivity index (χ0n) is 16.0. The molecule has 2 saturated heterocycles. The van der Waals surface area contributed by atoms with Gasteiger partial charge in [0.2, 0.25) is 11.8 Å². The van der Waals surface area contributed by atoms with Gasteiger partial charge in [0.1, 0.15) is 0 Å². The van der Waals surface area contributed by atoms with Crippen molar-refractivity contribution < 1.29 is 14.3 Å². The fourth-order valence-corrected chi connectivity index (χ4v) is 4.59. The summed E-state index contributed by atoms with van der Waals surface area (Å²) in [5.74, 6) is 0.408. The minimum absolute atomic E-state index is 0.0506. The lowest BCUT2D eigenvalue weighted by atomic mass is 10.0. The number of carbonyl (C=O) groups is 2. The van der Waals surface area contributed by atoms with Crippen LogP contribution >= 0.6 is 0 Å². The van der Waals surface area contributed by atoms with Gasteiger partial charge in [-0.15, -0.1) is 0 Å². The number of fused-ring (bicyclic) bond motifs is 1. The monoisotopic (exact) mass is 378 g/mol. The van der Waals surface area contributed by atoms with Gasteiger partial charge in [-0.3, -0.25) is 9.59 Å². The maximum absolute atomic E-state index is 13.3. The number of rotatable bonds is 5. The van der Waals surface area contributed by atoms with Crippen molar-refractivity contribution in [2.75, 3.05) is 31.2 Å². The van der Waals surface area contributed by atoms with E-state index in [4.69, 9.17) is 4.74 Å². The van der Waals surface area contributed by atoms with Gasteiger partial charge in [-0.2, -0.15) is 0 Å².